The molecule has 0 aliphatic carbocycles. The lowest BCUT2D eigenvalue weighted by atomic mass is 9.83. The minimum absolute atomic E-state index is 0.0712. The number of ether oxygens (including phenoxy) is 1. The summed E-state index contributed by atoms with van der Waals surface area (Å²) in [6.07, 6.45) is 6.61. The number of halogens is 2. The number of H-pyrrole nitrogens is 1. The third kappa shape index (κ3) is 7.22. The van der Waals surface area contributed by atoms with E-state index in [1.807, 2.05) is 73.7 Å². The van der Waals surface area contributed by atoms with E-state index in [0.29, 0.717) is 66.4 Å². The monoisotopic (exact) mass is 786 g/mol. The van der Waals surface area contributed by atoms with Crippen LogP contribution in [0.1, 0.15) is 71.4 Å². The van der Waals surface area contributed by atoms with Gasteiger partial charge in [0.25, 0.3) is 5.91 Å². The number of hydrogen-bond donors (Lipinski definition) is 3. The highest BCUT2D eigenvalue weighted by Crippen LogP contribution is 2.51. The SMILES string of the molecule is C=CN1C(=C(C(=C)C)c2ccccc2)c2c(C(=O)Nc3cccnc3N3CCC(C(=O)NC4CCOCC4)CC3)[nH]c3cc(Cl)cc(c23)C1c1ccc(Cl)cc1. The molecule has 0 spiro atoms. The lowest BCUT2D eigenvalue weighted by Gasteiger charge is -2.39. The van der Waals surface area contributed by atoms with Crippen LogP contribution < -0.4 is 15.5 Å². The van der Waals surface area contributed by atoms with E-state index < -0.39 is 0 Å². The number of carbonyl (C=O) groups excluding carboxylic acids is 2. The molecule has 8 rings (SSSR count). The number of nitrogens with one attached hydrogen (secondary N) is 3. The summed E-state index contributed by atoms with van der Waals surface area (Å²) in [6, 6.07) is 25.2. The molecule has 3 N–H and O–H groups in total. The van der Waals surface area contributed by atoms with Crippen molar-refractivity contribution in [3.63, 3.8) is 0 Å². The Balaban J connectivity index is 1.19. The highest BCUT2D eigenvalue weighted by molar-refractivity contribution is 6.32. The second-order valence-corrected chi connectivity index (χ2v) is 15.6. The third-order valence-corrected chi connectivity index (χ3v) is 11.5. The van der Waals surface area contributed by atoms with Gasteiger partial charge in [-0.15, -0.1) is 0 Å². The van der Waals surface area contributed by atoms with Crippen molar-refractivity contribution in [3.8, 4) is 0 Å². The summed E-state index contributed by atoms with van der Waals surface area (Å²) in [4.78, 5) is 40.4. The minimum Gasteiger partial charge on any atom is -0.381 e. The summed E-state index contributed by atoms with van der Waals surface area (Å²) in [6.45, 7) is 13.4. The lowest BCUT2D eigenvalue weighted by Crippen LogP contribution is -2.45. The number of aromatic amines is 1. The van der Waals surface area contributed by atoms with Gasteiger partial charge in [-0.1, -0.05) is 78.8 Å². The van der Waals surface area contributed by atoms with Crippen LogP contribution in [0.5, 0.6) is 0 Å². The summed E-state index contributed by atoms with van der Waals surface area (Å²) in [5.41, 5.74) is 7.75. The number of pyridine rings is 1. The molecule has 11 heteroatoms. The van der Waals surface area contributed by atoms with Gasteiger partial charge in [0.05, 0.1) is 17.4 Å². The molecule has 2 aromatic heterocycles. The number of allylic oxidation sites excluding steroid dienone is 2. The number of hydrogen-bond acceptors (Lipinski definition) is 6. The summed E-state index contributed by atoms with van der Waals surface area (Å²) in [7, 11) is 0. The zero-order chi connectivity index (χ0) is 38.9. The summed E-state index contributed by atoms with van der Waals surface area (Å²) in [5, 5.41) is 8.50. The van der Waals surface area contributed by atoms with Crippen molar-refractivity contribution in [1.29, 1.82) is 0 Å². The molecular formula is C45H44Cl2N6O3. The van der Waals surface area contributed by atoms with Crippen LogP contribution in [0, 0.1) is 5.92 Å². The van der Waals surface area contributed by atoms with Gasteiger partial charge in [-0.3, -0.25) is 9.59 Å². The van der Waals surface area contributed by atoms with Crippen molar-refractivity contribution in [2.45, 2.75) is 44.7 Å². The topological polar surface area (TPSA) is 103 Å². The van der Waals surface area contributed by atoms with Crippen LogP contribution >= 0.6 is 23.2 Å². The van der Waals surface area contributed by atoms with Crippen molar-refractivity contribution in [1.82, 2.24) is 20.2 Å². The molecule has 0 radical (unpaired) electrons. The number of nitrogens with zero attached hydrogens (tertiary/aromatic N) is 3. The first-order valence-corrected chi connectivity index (χ1v) is 19.8. The molecule has 2 saturated heterocycles. The number of rotatable bonds is 9. The van der Waals surface area contributed by atoms with Crippen LogP contribution in [0.15, 0.2) is 110 Å². The predicted molar refractivity (Wildman–Crippen MR) is 226 cm³/mol. The smallest absolute Gasteiger partial charge is 0.272 e. The summed E-state index contributed by atoms with van der Waals surface area (Å²) >= 11 is 13.2. The Labute approximate surface area is 337 Å². The van der Waals surface area contributed by atoms with Gasteiger partial charge in [-0.2, -0.15) is 0 Å². The summed E-state index contributed by atoms with van der Waals surface area (Å²) in [5.74, 6) is 0.367. The largest absolute Gasteiger partial charge is 0.381 e. The van der Waals surface area contributed by atoms with E-state index in [-0.39, 0.29) is 29.8 Å². The van der Waals surface area contributed by atoms with E-state index >= 15 is 0 Å². The number of piperidine rings is 1. The van der Waals surface area contributed by atoms with E-state index in [1.165, 1.54) is 0 Å². The van der Waals surface area contributed by atoms with Crippen molar-refractivity contribution >= 4 is 68.7 Å². The quantitative estimate of drug-likeness (QED) is 0.138. The number of aromatic nitrogens is 2. The van der Waals surface area contributed by atoms with E-state index in [4.69, 9.17) is 32.9 Å². The maximum Gasteiger partial charge on any atom is 0.272 e. The van der Waals surface area contributed by atoms with Gasteiger partial charge in [0.2, 0.25) is 5.91 Å². The average Bonchev–Trinajstić information content (AvgIpc) is 3.59. The van der Waals surface area contributed by atoms with Gasteiger partial charge in [-0.25, -0.2) is 4.98 Å². The number of benzene rings is 3. The third-order valence-electron chi connectivity index (χ3n) is 11.1. The van der Waals surface area contributed by atoms with Gasteiger partial charge < -0.3 is 30.2 Å². The predicted octanol–water partition coefficient (Wildman–Crippen LogP) is 9.63. The maximum absolute atomic E-state index is 14.8. The van der Waals surface area contributed by atoms with Crippen LogP contribution in [0.4, 0.5) is 11.5 Å². The Morgan fingerprint density at radius 1 is 0.946 bits per heavy atom. The molecule has 5 heterocycles. The molecule has 0 bridgehead atoms. The number of amides is 2. The van der Waals surface area contributed by atoms with Crippen molar-refractivity contribution in [3.05, 3.63) is 148 Å². The minimum atomic E-state index is -0.343. The molecule has 1 unspecified atom stereocenters. The van der Waals surface area contributed by atoms with Crippen LogP contribution in [-0.4, -0.2) is 59.0 Å². The van der Waals surface area contributed by atoms with E-state index in [1.54, 1.807) is 12.4 Å². The molecule has 9 nitrogen and oxygen atoms in total. The first-order chi connectivity index (χ1) is 27.2. The Hall–Kier alpha value is -5.35. The van der Waals surface area contributed by atoms with Crippen molar-refractivity contribution < 1.29 is 14.3 Å². The first-order valence-electron chi connectivity index (χ1n) is 19.1. The Bertz CT molecular complexity index is 2340. The molecule has 286 valence electrons. The Kier molecular flexibility index (Phi) is 10.7. The highest BCUT2D eigenvalue weighted by Gasteiger charge is 2.38. The van der Waals surface area contributed by atoms with Crippen molar-refractivity contribution in [2.75, 3.05) is 36.5 Å². The van der Waals surface area contributed by atoms with Crippen LogP contribution in [0.25, 0.3) is 22.2 Å². The fourth-order valence-corrected chi connectivity index (χ4v) is 8.78. The molecule has 3 aromatic carbocycles. The van der Waals surface area contributed by atoms with E-state index in [0.717, 1.165) is 62.8 Å². The average molecular weight is 788 g/mol. The molecule has 0 saturated carbocycles. The molecule has 3 aliphatic heterocycles. The molecule has 2 amide bonds. The number of carbonyl (C=O) groups is 2. The second-order valence-electron chi connectivity index (χ2n) is 14.7. The van der Waals surface area contributed by atoms with Gasteiger partial charge in [0.1, 0.15) is 5.69 Å². The van der Waals surface area contributed by atoms with Gasteiger partial charge >= 0.3 is 0 Å². The highest BCUT2D eigenvalue weighted by atomic mass is 35.5. The zero-order valence-corrected chi connectivity index (χ0v) is 32.8. The van der Waals surface area contributed by atoms with Crippen LogP contribution in [0.2, 0.25) is 10.0 Å². The van der Waals surface area contributed by atoms with Gasteiger partial charge in [-0.05, 0) is 97.5 Å². The first kappa shape index (κ1) is 37.6. The van der Waals surface area contributed by atoms with E-state index in [2.05, 4.69) is 50.7 Å². The molecule has 5 aromatic rings. The van der Waals surface area contributed by atoms with Crippen molar-refractivity contribution in [2.24, 2.45) is 5.92 Å². The van der Waals surface area contributed by atoms with Crippen LogP contribution in [-0.2, 0) is 9.53 Å². The zero-order valence-electron chi connectivity index (χ0n) is 31.3. The maximum atomic E-state index is 14.8. The lowest BCUT2D eigenvalue weighted by molar-refractivity contribution is -0.126. The molecule has 2 fully saturated rings. The molecule has 3 aliphatic rings. The molecule has 56 heavy (non-hydrogen) atoms. The summed E-state index contributed by atoms with van der Waals surface area (Å²) < 4.78 is 5.46. The van der Waals surface area contributed by atoms with Gasteiger partial charge in [0, 0.05) is 76.5 Å². The Morgan fingerprint density at radius 3 is 2.38 bits per heavy atom. The molecule has 1 atom stereocenters. The fourth-order valence-electron chi connectivity index (χ4n) is 8.43. The molecular weight excluding hydrogens is 743 g/mol. The Morgan fingerprint density at radius 2 is 1.68 bits per heavy atom. The van der Waals surface area contributed by atoms with Crippen LogP contribution in [0.3, 0.4) is 0 Å². The second kappa shape index (κ2) is 16.0. The van der Waals surface area contributed by atoms with Gasteiger partial charge in [0.15, 0.2) is 5.82 Å². The van der Waals surface area contributed by atoms with E-state index in [9.17, 15) is 9.59 Å². The fraction of sp³-hybridized carbons (Fsp3) is 0.267. The number of anilines is 2. The normalized spacial score (nSPS) is 18.4. The standard InChI is InChI=1S/C45H44Cl2N6O3/c1-4-53-41(29-12-14-31(46)15-13-29)34-25-32(47)26-36-38(34)39(42(53)37(27(2)3)28-9-6-5-7-10-28)40(50-36)45(55)51-35-11-8-20-48-43(35)52-21-16-30(17-22-52)44(54)49-33-18-23-56-24-19-33/h4-15,20,25-26,30,33,41,50H,1-2,16-19,21-24H2,3H3,(H,49,54)(H,51,55).